The van der Waals surface area contributed by atoms with Crippen LogP contribution in [0, 0.1) is 20.8 Å². The molecule has 146 valence electrons. The monoisotopic (exact) mass is 369 g/mol. The fourth-order valence-corrected chi connectivity index (χ4v) is 4.11. The zero-order chi connectivity index (χ0) is 19.4. The molecule has 0 spiro atoms. The SMILES string of the molecule is Cc1ccc(-n2c(C)c(CNCCN3CCCCC3)c(C(=O)O)c2C)cc1. The van der Waals surface area contributed by atoms with Crippen LogP contribution in [0.25, 0.3) is 5.69 Å². The molecular weight excluding hydrogens is 338 g/mol. The first kappa shape index (κ1) is 19.6. The second kappa shape index (κ2) is 8.72. The summed E-state index contributed by atoms with van der Waals surface area (Å²) in [6.07, 6.45) is 3.93. The lowest BCUT2D eigenvalue weighted by Gasteiger charge is -2.26. The van der Waals surface area contributed by atoms with Crippen LogP contribution in [-0.4, -0.2) is 46.7 Å². The molecule has 0 amide bonds. The number of rotatable bonds is 7. The molecule has 1 aromatic carbocycles. The number of benzene rings is 1. The number of likely N-dealkylation sites (tertiary alicyclic amines) is 1. The van der Waals surface area contributed by atoms with E-state index >= 15 is 0 Å². The van der Waals surface area contributed by atoms with Crippen LogP contribution in [0.4, 0.5) is 0 Å². The largest absolute Gasteiger partial charge is 0.478 e. The topological polar surface area (TPSA) is 57.5 Å². The van der Waals surface area contributed by atoms with E-state index in [2.05, 4.69) is 46.0 Å². The van der Waals surface area contributed by atoms with Gasteiger partial charge in [-0.05, 0) is 58.8 Å². The third kappa shape index (κ3) is 4.42. The van der Waals surface area contributed by atoms with Gasteiger partial charge in [-0.1, -0.05) is 24.1 Å². The number of nitrogens with zero attached hydrogens (tertiary/aromatic N) is 2. The number of aromatic carboxylic acids is 1. The van der Waals surface area contributed by atoms with Crippen molar-refractivity contribution in [3.05, 3.63) is 52.3 Å². The van der Waals surface area contributed by atoms with Gasteiger partial charge in [-0.25, -0.2) is 4.79 Å². The van der Waals surface area contributed by atoms with Gasteiger partial charge in [-0.2, -0.15) is 0 Å². The normalized spacial score (nSPS) is 15.2. The lowest BCUT2D eigenvalue weighted by Crippen LogP contribution is -2.35. The molecule has 0 radical (unpaired) electrons. The first-order chi connectivity index (χ1) is 13.0. The number of hydrogen-bond donors (Lipinski definition) is 2. The molecule has 1 aliphatic heterocycles. The number of aryl methyl sites for hydroxylation is 1. The molecule has 0 saturated carbocycles. The highest BCUT2D eigenvalue weighted by Gasteiger charge is 2.23. The van der Waals surface area contributed by atoms with Gasteiger partial charge in [0, 0.05) is 42.3 Å². The minimum atomic E-state index is -0.853. The predicted octanol–water partition coefficient (Wildman–Crippen LogP) is 3.68. The first-order valence-electron chi connectivity index (χ1n) is 9.93. The quantitative estimate of drug-likeness (QED) is 0.731. The molecule has 2 heterocycles. The zero-order valence-electron chi connectivity index (χ0n) is 16.7. The molecule has 0 unspecified atom stereocenters. The molecule has 0 atom stereocenters. The highest BCUT2D eigenvalue weighted by molar-refractivity contribution is 5.91. The van der Waals surface area contributed by atoms with Crippen molar-refractivity contribution in [3.63, 3.8) is 0 Å². The second-order valence-corrected chi connectivity index (χ2v) is 7.58. The molecule has 0 bridgehead atoms. The predicted molar refractivity (Wildman–Crippen MR) is 109 cm³/mol. The molecule has 1 aromatic heterocycles. The van der Waals surface area contributed by atoms with Crippen LogP contribution in [-0.2, 0) is 6.54 Å². The van der Waals surface area contributed by atoms with E-state index < -0.39 is 5.97 Å². The summed E-state index contributed by atoms with van der Waals surface area (Å²) in [5.41, 5.74) is 5.31. The molecule has 2 N–H and O–H groups in total. The number of carboxylic acids is 1. The fraction of sp³-hybridized carbons (Fsp3) is 0.500. The van der Waals surface area contributed by atoms with Crippen LogP contribution in [0.1, 0.15) is 52.1 Å². The average molecular weight is 370 g/mol. The van der Waals surface area contributed by atoms with Gasteiger partial charge in [0.15, 0.2) is 0 Å². The molecule has 1 fully saturated rings. The van der Waals surface area contributed by atoms with E-state index in [4.69, 9.17) is 0 Å². The molecule has 2 aromatic rings. The van der Waals surface area contributed by atoms with Crippen LogP contribution in [0.2, 0.25) is 0 Å². The van der Waals surface area contributed by atoms with Crippen molar-refractivity contribution in [2.75, 3.05) is 26.2 Å². The Morgan fingerprint density at radius 3 is 2.33 bits per heavy atom. The maximum Gasteiger partial charge on any atom is 0.337 e. The van der Waals surface area contributed by atoms with Gasteiger partial charge in [-0.15, -0.1) is 0 Å². The lowest BCUT2D eigenvalue weighted by atomic mass is 10.1. The van der Waals surface area contributed by atoms with Crippen molar-refractivity contribution in [2.24, 2.45) is 0 Å². The summed E-state index contributed by atoms with van der Waals surface area (Å²) in [5, 5.41) is 13.3. The number of aromatic nitrogens is 1. The van der Waals surface area contributed by atoms with Gasteiger partial charge in [0.2, 0.25) is 0 Å². The lowest BCUT2D eigenvalue weighted by molar-refractivity contribution is 0.0695. The Kier molecular flexibility index (Phi) is 6.34. The maximum absolute atomic E-state index is 11.9. The molecule has 5 heteroatoms. The molecule has 0 aliphatic carbocycles. The van der Waals surface area contributed by atoms with E-state index in [1.54, 1.807) is 0 Å². The van der Waals surface area contributed by atoms with Crippen LogP contribution in [0.15, 0.2) is 24.3 Å². The fourth-order valence-electron chi connectivity index (χ4n) is 4.11. The van der Waals surface area contributed by atoms with Gasteiger partial charge >= 0.3 is 5.97 Å². The molecular formula is C22H31N3O2. The van der Waals surface area contributed by atoms with Crippen LogP contribution >= 0.6 is 0 Å². The Morgan fingerprint density at radius 1 is 1.04 bits per heavy atom. The Balaban J connectivity index is 1.76. The minimum Gasteiger partial charge on any atom is -0.478 e. The van der Waals surface area contributed by atoms with Crippen molar-refractivity contribution in [3.8, 4) is 5.69 Å². The van der Waals surface area contributed by atoms with Crippen molar-refractivity contribution in [2.45, 2.75) is 46.6 Å². The third-order valence-electron chi connectivity index (χ3n) is 5.63. The molecule has 1 saturated heterocycles. The van der Waals surface area contributed by atoms with Crippen molar-refractivity contribution >= 4 is 5.97 Å². The summed E-state index contributed by atoms with van der Waals surface area (Å²) < 4.78 is 2.06. The Labute approximate surface area is 162 Å². The van der Waals surface area contributed by atoms with E-state index in [9.17, 15) is 9.90 Å². The molecule has 3 rings (SSSR count). The smallest absolute Gasteiger partial charge is 0.337 e. The van der Waals surface area contributed by atoms with Crippen molar-refractivity contribution < 1.29 is 9.90 Å². The third-order valence-corrected chi connectivity index (χ3v) is 5.63. The van der Waals surface area contributed by atoms with E-state index in [-0.39, 0.29) is 0 Å². The van der Waals surface area contributed by atoms with Gasteiger partial charge < -0.3 is 19.9 Å². The highest BCUT2D eigenvalue weighted by atomic mass is 16.4. The summed E-state index contributed by atoms with van der Waals surface area (Å²) in [5.74, 6) is -0.853. The van der Waals surface area contributed by atoms with Crippen molar-refractivity contribution in [1.29, 1.82) is 0 Å². The summed E-state index contributed by atoms with van der Waals surface area (Å²) in [7, 11) is 0. The zero-order valence-corrected chi connectivity index (χ0v) is 16.7. The first-order valence-corrected chi connectivity index (χ1v) is 9.93. The van der Waals surface area contributed by atoms with E-state index in [1.165, 1.54) is 37.9 Å². The number of nitrogens with one attached hydrogen (secondary N) is 1. The Morgan fingerprint density at radius 2 is 1.70 bits per heavy atom. The number of carboxylic acid groups (broad SMARTS) is 1. The van der Waals surface area contributed by atoms with E-state index in [0.29, 0.717) is 12.1 Å². The Hall–Kier alpha value is -2.11. The summed E-state index contributed by atoms with van der Waals surface area (Å²) in [6.45, 7) is 10.8. The Bertz CT molecular complexity index is 787. The minimum absolute atomic E-state index is 0.429. The number of carbonyl (C=O) groups is 1. The van der Waals surface area contributed by atoms with Gasteiger partial charge in [0.25, 0.3) is 0 Å². The highest BCUT2D eigenvalue weighted by Crippen LogP contribution is 2.26. The van der Waals surface area contributed by atoms with Crippen LogP contribution in [0.3, 0.4) is 0 Å². The van der Waals surface area contributed by atoms with Gasteiger partial charge in [0.1, 0.15) is 0 Å². The van der Waals surface area contributed by atoms with Crippen LogP contribution < -0.4 is 5.32 Å². The number of hydrogen-bond acceptors (Lipinski definition) is 3. The molecule has 27 heavy (non-hydrogen) atoms. The maximum atomic E-state index is 11.9. The molecule has 1 aliphatic rings. The summed E-state index contributed by atoms with van der Waals surface area (Å²) in [4.78, 5) is 14.4. The van der Waals surface area contributed by atoms with Gasteiger partial charge in [-0.3, -0.25) is 0 Å². The summed E-state index contributed by atoms with van der Waals surface area (Å²) >= 11 is 0. The average Bonchev–Trinajstić information content (AvgIpc) is 2.91. The van der Waals surface area contributed by atoms with Crippen molar-refractivity contribution in [1.82, 2.24) is 14.8 Å². The summed E-state index contributed by atoms with van der Waals surface area (Å²) in [6, 6.07) is 8.22. The second-order valence-electron chi connectivity index (χ2n) is 7.58. The van der Waals surface area contributed by atoms with Gasteiger partial charge in [0.05, 0.1) is 5.56 Å². The van der Waals surface area contributed by atoms with E-state index in [1.807, 2.05) is 13.8 Å². The molecule has 5 nitrogen and oxygen atoms in total. The van der Waals surface area contributed by atoms with E-state index in [0.717, 1.165) is 35.7 Å². The standard InChI is InChI=1S/C22H31N3O2/c1-16-7-9-19(10-8-16)25-17(2)20(21(18(25)3)22(26)27)15-23-11-14-24-12-5-4-6-13-24/h7-10,23H,4-6,11-15H2,1-3H3,(H,26,27). The van der Waals surface area contributed by atoms with Crippen LogP contribution in [0.5, 0.6) is 0 Å². The number of piperidine rings is 1.